The van der Waals surface area contributed by atoms with Crippen molar-refractivity contribution in [1.29, 1.82) is 0 Å². The Morgan fingerprint density at radius 3 is 2.47 bits per heavy atom. The number of nitrogens with one attached hydrogen (secondary N) is 1. The molecule has 180 valence electrons. The number of H-pyrrole nitrogens is 1. The second kappa shape index (κ2) is 10.1. The lowest BCUT2D eigenvalue weighted by atomic mass is 9.92. The number of nitrogens with zero attached hydrogens (tertiary/aromatic N) is 1. The first-order chi connectivity index (χ1) is 14.9. The van der Waals surface area contributed by atoms with Crippen LogP contribution >= 0.6 is 7.60 Å². The molecule has 2 rings (SSSR count). The van der Waals surface area contributed by atoms with E-state index in [1.54, 1.807) is 27.7 Å². The van der Waals surface area contributed by atoms with E-state index >= 15 is 0 Å². The normalized spacial score (nSPS) is 27.5. The molecule has 11 heteroatoms. The average molecular weight is 472 g/mol. The van der Waals surface area contributed by atoms with E-state index in [9.17, 15) is 24.5 Å². The van der Waals surface area contributed by atoms with Crippen molar-refractivity contribution >= 4 is 7.60 Å². The standard InChI is InChI=1S/C21H33N2O8P/c1-7-14-13(12-22-19(25)23-14)17-18(29-6)16(24)15(30-17)11-20(5,8-2)31-32(27,28)21(26,9-3)10-4/h1,12,15-18,24,26H,8-11H2,2-6H3,(H,27,28)(H,22,23,25). The van der Waals surface area contributed by atoms with E-state index in [2.05, 4.69) is 15.9 Å². The fraction of sp³-hybridized carbons (Fsp3) is 0.714. The van der Waals surface area contributed by atoms with E-state index in [4.69, 9.17) is 20.4 Å². The quantitative estimate of drug-likeness (QED) is 0.295. The van der Waals surface area contributed by atoms with Gasteiger partial charge in [0.2, 0.25) is 0 Å². The van der Waals surface area contributed by atoms with Gasteiger partial charge in [-0.05, 0) is 26.2 Å². The van der Waals surface area contributed by atoms with Gasteiger partial charge in [0.05, 0.1) is 11.7 Å². The van der Waals surface area contributed by atoms with E-state index in [0.29, 0.717) is 12.0 Å². The Morgan fingerprint density at radius 2 is 1.97 bits per heavy atom. The fourth-order valence-electron chi connectivity index (χ4n) is 3.86. The summed E-state index contributed by atoms with van der Waals surface area (Å²) in [7, 11) is -3.03. The van der Waals surface area contributed by atoms with Crippen molar-refractivity contribution in [3.8, 4) is 12.3 Å². The van der Waals surface area contributed by atoms with Crippen LogP contribution in [0.5, 0.6) is 0 Å². The summed E-state index contributed by atoms with van der Waals surface area (Å²) in [5.74, 6) is 2.37. The Kier molecular flexibility index (Phi) is 8.46. The molecule has 0 aromatic carbocycles. The van der Waals surface area contributed by atoms with Gasteiger partial charge in [-0.15, -0.1) is 6.42 Å². The maximum atomic E-state index is 12.9. The Balaban J connectivity index is 2.32. The third-order valence-corrected chi connectivity index (χ3v) is 8.66. The Labute approximate surface area is 187 Å². The van der Waals surface area contributed by atoms with Crippen molar-refractivity contribution in [2.45, 2.75) is 88.7 Å². The van der Waals surface area contributed by atoms with Crippen LogP contribution in [-0.4, -0.2) is 61.4 Å². The number of terminal acetylenes is 1. The first-order valence-corrected chi connectivity index (χ1v) is 12.2. The van der Waals surface area contributed by atoms with Crippen LogP contribution in [0.3, 0.4) is 0 Å². The maximum absolute atomic E-state index is 12.9. The van der Waals surface area contributed by atoms with E-state index in [1.807, 2.05) is 0 Å². The van der Waals surface area contributed by atoms with Gasteiger partial charge in [0.1, 0.15) is 24.0 Å². The molecule has 4 N–H and O–H groups in total. The number of ether oxygens (including phenoxy) is 2. The number of hydrogen-bond donors (Lipinski definition) is 4. The molecule has 6 atom stereocenters. The molecule has 1 aromatic rings. The van der Waals surface area contributed by atoms with Crippen molar-refractivity contribution in [3.63, 3.8) is 0 Å². The molecule has 1 fully saturated rings. The number of methoxy groups -OCH3 is 1. The van der Waals surface area contributed by atoms with Gasteiger partial charge in [0, 0.05) is 25.3 Å². The molecular weight excluding hydrogens is 439 g/mol. The van der Waals surface area contributed by atoms with Crippen molar-refractivity contribution in [3.05, 3.63) is 27.9 Å². The Bertz CT molecular complexity index is 940. The predicted molar refractivity (Wildman–Crippen MR) is 117 cm³/mol. The molecule has 1 aromatic heterocycles. The van der Waals surface area contributed by atoms with Crippen LogP contribution in [0.1, 0.15) is 70.7 Å². The van der Waals surface area contributed by atoms with Crippen LogP contribution in [0.4, 0.5) is 0 Å². The first-order valence-electron chi connectivity index (χ1n) is 10.6. The number of aliphatic hydroxyl groups is 2. The monoisotopic (exact) mass is 472 g/mol. The van der Waals surface area contributed by atoms with Crippen LogP contribution in [0.25, 0.3) is 0 Å². The number of aromatic amines is 1. The summed E-state index contributed by atoms with van der Waals surface area (Å²) in [6.45, 7) is 6.61. The SMILES string of the molecule is C#Cc1[nH]c(=O)ncc1C1OC(CC(C)(CC)OP(=O)(O)C(O)(CC)CC)C(O)C1OC. The van der Waals surface area contributed by atoms with Crippen LogP contribution in [-0.2, 0) is 18.6 Å². The lowest BCUT2D eigenvalue weighted by molar-refractivity contribution is -0.0544. The zero-order valence-electron chi connectivity index (χ0n) is 19.1. The molecule has 0 radical (unpaired) electrons. The summed E-state index contributed by atoms with van der Waals surface area (Å²) in [6, 6.07) is 0. The van der Waals surface area contributed by atoms with Gasteiger partial charge in [-0.3, -0.25) is 9.55 Å². The highest BCUT2D eigenvalue weighted by atomic mass is 31.2. The van der Waals surface area contributed by atoms with Gasteiger partial charge in [-0.1, -0.05) is 26.7 Å². The second-order valence-corrected chi connectivity index (χ2v) is 10.3. The zero-order chi connectivity index (χ0) is 24.3. The maximum Gasteiger partial charge on any atom is 0.359 e. The summed E-state index contributed by atoms with van der Waals surface area (Å²) in [5, 5.41) is 19.6. The molecule has 0 spiro atoms. The van der Waals surface area contributed by atoms with E-state index in [1.165, 1.54) is 13.3 Å². The lowest BCUT2D eigenvalue weighted by Gasteiger charge is -2.38. The van der Waals surface area contributed by atoms with E-state index < -0.39 is 48.6 Å². The van der Waals surface area contributed by atoms with Crippen molar-refractivity contribution in [2.75, 3.05) is 7.11 Å². The van der Waals surface area contributed by atoms with E-state index in [0.717, 1.165) is 0 Å². The highest BCUT2D eigenvalue weighted by Gasteiger charge is 2.52. The number of hydrogen-bond acceptors (Lipinski definition) is 8. The molecule has 0 saturated carbocycles. The van der Waals surface area contributed by atoms with Gasteiger partial charge >= 0.3 is 13.3 Å². The zero-order valence-corrected chi connectivity index (χ0v) is 20.0. The molecular formula is C21H33N2O8P. The van der Waals surface area contributed by atoms with E-state index in [-0.39, 0.29) is 25.0 Å². The first kappa shape index (κ1) is 26.7. The van der Waals surface area contributed by atoms with Crippen molar-refractivity contribution in [1.82, 2.24) is 9.97 Å². The molecule has 1 aliphatic rings. The molecule has 6 unspecified atom stereocenters. The Morgan fingerprint density at radius 1 is 1.34 bits per heavy atom. The highest BCUT2D eigenvalue weighted by molar-refractivity contribution is 7.54. The number of rotatable bonds is 10. The smallest absolute Gasteiger partial charge is 0.359 e. The molecule has 0 bridgehead atoms. The van der Waals surface area contributed by atoms with Gasteiger partial charge < -0.3 is 29.1 Å². The van der Waals surface area contributed by atoms with Crippen LogP contribution < -0.4 is 5.69 Å². The predicted octanol–water partition coefficient (Wildman–Crippen LogP) is 1.84. The minimum atomic E-state index is -4.43. The topological polar surface area (TPSA) is 151 Å². The molecule has 0 aliphatic carbocycles. The molecule has 0 amide bonds. The van der Waals surface area contributed by atoms with Crippen molar-refractivity contribution in [2.24, 2.45) is 0 Å². The van der Waals surface area contributed by atoms with Crippen molar-refractivity contribution < 1.29 is 33.7 Å². The summed E-state index contributed by atoms with van der Waals surface area (Å²) in [5.41, 5.74) is -1.27. The average Bonchev–Trinajstić information content (AvgIpc) is 3.06. The van der Waals surface area contributed by atoms with Gasteiger partial charge in [0.25, 0.3) is 0 Å². The lowest BCUT2D eigenvalue weighted by Crippen LogP contribution is -2.40. The summed E-state index contributed by atoms with van der Waals surface area (Å²) >= 11 is 0. The summed E-state index contributed by atoms with van der Waals surface area (Å²) < 4.78 is 30.1. The van der Waals surface area contributed by atoms with Crippen LogP contribution in [0, 0.1) is 12.3 Å². The fourth-order valence-corrected chi connectivity index (χ4v) is 5.63. The Hall–Kier alpha value is -1.57. The molecule has 32 heavy (non-hydrogen) atoms. The number of aliphatic hydroxyl groups excluding tert-OH is 1. The van der Waals surface area contributed by atoms with Gasteiger partial charge in [0.15, 0.2) is 5.34 Å². The number of aromatic nitrogens is 2. The largest absolute Gasteiger partial charge is 0.388 e. The highest BCUT2D eigenvalue weighted by Crippen LogP contribution is 2.60. The molecule has 2 heterocycles. The minimum Gasteiger partial charge on any atom is -0.388 e. The van der Waals surface area contributed by atoms with Gasteiger partial charge in [-0.2, -0.15) is 0 Å². The molecule has 10 nitrogen and oxygen atoms in total. The third-order valence-electron chi connectivity index (χ3n) is 6.29. The van der Waals surface area contributed by atoms with Crippen LogP contribution in [0.2, 0.25) is 0 Å². The van der Waals surface area contributed by atoms with Gasteiger partial charge in [-0.25, -0.2) is 9.78 Å². The minimum absolute atomic E-state index is 0.0389. The summed E-state index contributed by atoms with van der Waals surface area (Å²) in [4.78, 5) is 28.2. The summed E-state index contributed by atoms with van der Waals surface area (Å²) in [6.07, 6.45) is 3.58. The molecule has 1 saturated heterocycles. The molecule has 1 aliphatic heterocycles. The third kappa shape index (κ3) is 5.15. The second-order valence-electron chi connectivity index (χ2n) is 8.26. The van der Waals surface area contributed by atoms with Crippen LogP contribution in [0.15, 0.2) is 11.0 Å².